The van der Waals surface area contributed by atoms with E-state index >= 15 is 0 Å². The van der Waals surface area contributed by atoms with Crippen LogP contribution >= 0.6 is 0 Å². The van der Waals surface area contributed by atoms with E-state index in [9.17, 15) is 0 Å². The maximum Gasteiger partial charge on any atom is 0.161 e. The van der Waals surface area contributed by atoms with Crippen LogP contribution in [0.4, 0.5) is 28.7 Å². The Balaban J connectivity index is 1.99. The van der Waals surface area contributed by atoms with E-state index in [-0.39, 0.29) is 0 Å². The molecule has 0 bridgehead atoms. The quantitative estimate of drug-likeness (QED) is 0.688. The van der Waals surface area contributed by atoms with Crippen molar-refractivity contribution >= 4 is 28.7 Å². The smallest absolute Gasteiger partial charge is 0.161 e. The average Bonchev–Trinajstić information content (AvgIpc) is 2.62. The van der Waals surface area contributed by atoms with Crippen molar-refractivity contribution in [2.75, 3.05) is 22.5 Å². The van der Waals surface area contributed by atoms with E-state index in [2.05, 4.69) is 72.1 Å². The predicted molar refractivity (Wildman–Crippen MR) is 110 cm³/mol. The normalized spacial score (nSPS) is 10.6. The van der Waals surface area contributed by atoms with Crippen molar-refractivity contribution < 1.29 is 0 Å². The van der Waals surface area contributed by atoms with Crippen LogP contribution < -0.4 is 16.0 Å². The molecule has 1 heterocycles. The third-order valence-corrected chi connectivity index (χ3v) is 4.61. The molecular formula is C21H25N5. The molecule has 0 aliphatic heterocycles. The zero-order valence-electron chi connectivity index (χ0n) is 15.7. The van der Waals surface area contributed by atoms with E-state index in [1.807, 2.05) is 18.2 Å². The van der Waals surface area contributed by atoms with Crippen LogP contribution in [-0.4, -0.2) is 16.5 Å². The van der Waals surface area contributed by atoms with Crippen molar-refractivity contribution in [3.8, 4) is 0 Å². The Labute approximate surface area is 154 Å². The molecular weight excluding hydrogens is 322 g/mol. The fourth-order valence-corrected chi connectivity index (χ4v) is 2.97. The molecule has 0 saturated carbocycles. The number of nitrogens with two attached hydrogens (primary N) is 1. The lowest BCUT2D eigenvalue weighted by Gasteiger charge is -2.24. The number of hydrogen-bond donors (Lipinski definition) is 2. The third kappa shape index (κ3) is 3.47. The fourth-order valence-electron chi connectivity index (χ4n) is 2.97. The lowest BCUT2D eigenvalue weighted by Crippen LogP contribution is -2.20. The van der Waals surface area contributed by atoms with E-state index in [4.69, 9.17) is 5.73 Å². The van der Waals surface area contributed by atoms with Crippen molar-refractivity contribution in [2.45, 2.75) is 27.7 Å². The van der Waals surface area contributed by atoms with E-state index in [0.717, 1.165) is 17.9 Å². The minimum atomic E-state index is 0.539. The molecule has 0 spiro atoms. The van der Waals surface area contributed by atoms with Crippen molar-refractivity contribution in [1.82, 2.24) is 9.97 Å². The Morgan fingerprint density at radius 3 is 2.54 bits per heavy atom. The molecule has 0 amide bonds. The minimum absolute atomic E-state index is 0.539. The Kier molecular flexibility index (Phi) is 5.07. The molecule has 2 aromatic carbocycles. The summed E-state index contributed by atoms with van der Waals surface area (Å²) in [5, 5.41) is 3.36. The summed E-state index contributed by atoms with van der Waals surface area (Å²) in [4.78, 5) is 10.9. The fraction of sp³-hybridized carbons (Fsp3) is 0.238. The van der Waals surface area contributed by atoms with Gasteiger partial charge < -0.3 is 16.0 Å². The van der Waals surface area contributed by atoms with E-state index in [1.54, 1.807) is 6.33 Å². The van der Waals surface area contributed by atoms with Crippen LogP contribution in [0.5, 0.6) is 0 Å². The van der Waals surface area contributed by atoms with E-state index in [1.165, 1.54) is 16.7 Å². The second kappa shape index (κ2) is 7.44. The van der Waals surface area contributed by atoms with Gasteiger partial charge in [0.05, 0.1) is 0 Å². The standard InChI is InChI=1S/C21H25N5/c1-5-26(17-10-6-8-14(2)12-17)21-19(22)20(23-13-24-21)25-18-11-7-9-15(3)16(18)4/h6-13H,5,22H2,1-4H3,(H,23,24,25). The monoisotopic (exact) mass is 347 g/mol. The van der Waals surface area contributed by atoms with Gasteiger partial charge in [-0.3, -0.25) is 0 Å². The Bertz CT molecular complexity index is 920. The van der Waals surface area contributed by atoms with Gasteiger partial charge in [-0.25, -0.2) is 9.97 Å². The predicted octanol–water partition coefficient (Wildman–Crippen LogP) is 4.89. The number of nitrogen functional groups attached to an aromatic ring is 1. The molecule has 5 heteroatoms. The highest BCUT2D eigenvalue weighted by Crippen LogP contribution is 2.33. The number of benzene rings is 2. The average molecular weight is 347 g/mol. The first-order valence-corrected chi connectivity index (χ1v) is 8.79. The van der Waals surface area contributed by atoms with E-state index in [0.29, 0.717) is 17.3 Å². The molecule has 3 N–H and O–H groups in total. The molecule has 5 nitrogen and oxygen atoms in total. The van der Waals surface area contributed by atoms with Gasteiger partial charge in [0.15, 0.2) is 11.6 Å². The Morgan fingerprint density at radius 1 is 1.04 bits per heavy atom. The third-order valence-electron chi connectivity index (χ3n) is 4.61. The molecule has 3 aromatic rings. The van der Waals surface area contributed by atoms with Gasteiger partial charge in [-0.05, 0) is 62.6 Å². The molecule has 26 heavy (non-hydrogen) atoms. The number of nitrogens with zero attached hydrogens (tertiary/aromatic N) is 3. The molecule has 134 valence electrons. The number of aromatic nitrogens is 2. The SMILES string of the molecule is CCN(c1cccc(C)c1)c1ncnc(Nc2cccc(C)c2C)c1N. The molecule has 0 unspecified atom stereocenters. The van der Waals surface area contributed by atoms with Crippen molar-refractivity contribution in [3.05, 3.63) is 65.5 Å². The van der Waals surface area contributed by atoms with Gasteiger partial charge in [0.2, 0.25) is 0 Å². The minimum Gasteiger partial charge on any atom is -0.393 e. The van der Waals surface area contributed by atoms with Crippen molar-refractivity contribution in [2.24, 2.45) is 0 Å². The summed E-state index contributed by atoms with van der Waals surface area (Å²) in [5.74, 6) is 1.33. The summed E-state index contributed by atoms with van der Waals surface area (Å²) >= 11 is 0. The van der Waals surface area contributed by atoms with Crippen LogP contribution in [0.25, 0.3) is 0 Å². The number of aryl methyl sites for hydroxylation is 2. The molecule has 0 aliphatic carbocycles. The molecule has 1 aromatic heterocycles. The van der Waals surface area contributed by atoms with Gasteiger partial charge in [-0.15, -0.1) is 0 Å². The first-order chi connectivity index (χ1) is 12.5. The van der Waals surface area contributed by atoms with Crippen molar-refractivity contribution in [3.63, 3.8) is 0 Å². The Hall–Kier alpha value is -3.08. The summed E-state index contributed by atoms with van der Waals surface area (Å²) in [5.41, 5.74) is 12.6. The second-order valence-electron chi connectivity index (χ2n) is 6.42. The molecule has 0 aliphatic rings. The highest BCUT2D eigenvalue weighted by Gasteiger charge is 2.16. The van der Waals surface area contributed by atoms with Gasteiger partial charge >= 0.3 is 0 Å². The molecule has 3 rings (SSSR count). The molecule has 0 atom stereocenters. The number of anilines is 5. The highest BCUT2D eigenvalue weighted by molar-refractivity contribution is 5.82. The van der Waals surface area contributed by atoms with Crippen LogP contribution in [0.3, 0.4) is 0 Å². The molecule has 0 radical (unpaired) electrons. The molecule has 0 saturated heterocycles. The van der Waals surface area contributed by atoms with Crippen LogP contribution in [0, 0.1) is 20.8 Å². The maximum absolute atomic E-state index is 6.44. The number of nitrogens with one attached hydrogen (secondary N) is 1. The number of hydrogen-bond acceptors (Lipinski definition) is 5. The van der Waals surface area contributed by atoms with Gasteiger partial charge in [0, 0.05) is 17.9 Å². The summed E-state index contributed by atoms with van der Waals surface area (Å²) in [6, 6.07) is 14.5. The van der Waals surface area contributed by atoms with Crippen LogP contribution in [0.1, 0.15) is 23.6 Å². The first kappa shape index (κ1) is 17.7. The summed E-state index contributed by atoms with van der Waals surface area (Å²) < 4.78 is 0. The van der Waals surface area contributed by atoms with Gasteiger partial charge in [0.25, 0.3) is 0 Å². The summed E-state index contributed by atoms with van der Waals surface area (Å²) in [7, 11) is 0. The van der Waals surface area contributed by atoms with Crippen molar-refractivity contribution in [1.29, 1.82) is 0 Å². The van der Waals surface area contributed by atoms with Crippen LogP contribution in [0.15, 0.2) is 48.8 Å². The topological polar surface area (TPSA) is 67.1 Å². The van der Waals surface area contributed by atoms with Crippen LogP contribution in [-0.2, 0) is 0 Å². The lowest BCUT2D eigenvalue weighted by atomic mass is 10.1. The largest absolute Gasteiger partial charge is 0.393 e. The number of rotatable bonds is 5. The van der Waals surface area contributed by atoms with Gasteiger partial charge in [-0.1, -0.05) is 24.3 Å². The summed E-state index contributed by atoms with van der Waals surface area (Å²) in [6.07, 6.45) is 1.55. The highest BCUT2D eigenvalue weighted by atomic mass is 15.2. The molecule has 0 fully saturated rings. The lowest BCUT2D eigenvalue weighted by molar-refractivity contribution is 0.979. The first-order valence-electron chi connectivity index (χ1n) is 8.79. The van der Waals surface area contributed by atoms with E-state index < -0.39 is 0 Å². The Morgan fingerprint density at radius 2 is 1.81 bits per heavy atom. The zero-order valence-corrected chi connectivity index (χ0v) is 15.7. The maximum atomic E-state index is 6.44. The van der Waals surface area contributed by atoms with Gasteiger partial charge in [-0.2, -0.15) is 0 Å². The summed E-state index contributed by atoms with van der Waals surface area (Å²) in [6.45, 7) is 9.09. The second-order valence-corrected chi connectivity index (χ2v) is 6.42. The van der Waals surface area contributed by atoms with Gasteiger partial charge in [0.1, 0.15) is 12.0 Å². The zero-order chi connectivity index (χ0) is 18.7. The van der Waals surface area contributed by atoms with Crippen LogP contribution in [0.2, 0.25) is 0 Å².